The van der Waals surface area contributed by atoms with Gasteiger partial charge in [0.1, 0.15) is 6.26 Å². The molecule has 1 aromatic heterocycles. The van der Waals surface area contributed by atoms with Crippen LogP contribution in [0, 0.1) is 12.8 Å². The number of aryl methyl sites for hydroxylation is 1. The molecule has 1 unspecified atom stereocenters. The number of nitrogens with one attached hydrogen (secondary N) is 1. The number of carbonyl (C=O) groups is 1. The molecule has 3 N–H and O–H groups in total. The van der Waals surface area contributed by atoms with Gasteiger partial charge in [-0.05, 0) is 19.9 Å². The van der Waals surface area contributed by atoms with Gasteiger partial charge in [0.25, 0.3) is 0 Å². The summed E-state index contributed by atoms with van der Waals surface area (Å²) < 4.78 is 4.99. The average molecular weight is 197 g/mol. The molecule has 0 aliphatic rings. The number of nitrogens with zero attached hydrogens (tertiary/aromatic N) is 1. The Labute approximate surface area is 82.7 Å². The Morgan fingerprint density at radius 2 is 2.50 bits per heavy atom. The Morgan fingerprint density at radius 1 is 1.79 bits per heavy atom. The van der Waals surface area contributed by atoms with Crippen LogP contribution in [0.5, 0.6) is 0 Å². The minimum absolute atomic E-state index is 0.114. The van der Waals surface area contributed by atoms with E-state index in [2.05, 4.69) is 10.3 Å². The van der Waals surface area contributed by atoms with Crippen LogP contribution >= 0.6 is 0 Å². The van der Waals surface area contributed by atoms with Crippen molar-refractivity contribution < 1.29 is 9.21 Å². The molecule has 1 amide bonds. The van der Waals surface area contributed by atoms with Crippen LogP contribution in [0.1, 0.15) is 19.0 Å². The highest BCUT2D eigenvalue weighted by atomic mass is 16.4. The van der Waals surface area contributed by atoms with Crippen molar-refractivity contribution >= 4 is 11.9 Å². The fraction of sp³-hybridized carbons (Fsp3) is 0.556. The molecule has 0 fully saturated rings. The second kappa shape index (κ2) is 4.76. The maximum atomic E-state index is 11.4. The smallest absolute Gasteiger partial charge is 0.301 e. The zero-order chi connectivity index (χ0) is 10.6. The van der Waals surface area contributed by atoms with Crippen molar-refractivity contribution in [3.05, 3.63) is 12.0 Å². The monoisotopic (exact) mass is 197 g/mol. The quantitative estimate of drug-likeness (QED) is 0.751. The second-order valence-electron chi connectivity index (χ2n) is 3.26. The van der Waals surface area contributed by atoms with E-state index in [4.69, 9.17) is 10.2 Å². The van der Waals surface area contributed by atoms with Crippen LogP contribution < -0.4 is 11.1 Å². The molecule has 1 atom stereocenters. The lowest BCUT2D eigenvalue weighted by Gasteiger charge is -2.07. The van der Waals surface area contributed by atoms with Crippen LogP contribution in [0.25, 0.3) is 0 Å². The Kier molecular flexibility index (Phi) is 3.64. The van der Waals surface area contributed by atoms with E-state index in [0.29, 0.717) is 13.0 Å². The topological polar surface area (TPSA) is 81.2 Å². The van der Waals surface area contributed by atoms with Gasteiger partial charge in [0.2, 0.25) is 5.91 Å². The molecule has 0 aliphatic heterocycles. The highest BCUT2D eigenvalue weighted by molar-refractivity contribution is 5.90. The predicted molar refractivity (Wildman–Crippen MR) is 52.7 cm³/mol. The van der Waals surface area contributed by atoms with Gasteiger partial charge >= 0.3 is 6.01 Å². The molecule has 1 heterocycles. The zero-order valence-corrected chi connectivity index (χ0v) is 8.41. The van der Waals surface area contributed by atoms with E-state index in [1.165, 1.54) is 6.26 Å². The van der Waals surface area contributed by atoms with Crippen LogP contribution in [0.2, 0.25) is 0 Å². The van der Waals surface area contributed by atoms with E-state index in [9.17, 15) is 4.79 Å². The van der Waals surface area contributed by atoms with E-state index in [-0.39, 0.29) is 17.8 Å². The zero-order valence-electron chi connectivity index (χ0n) is 8.41. The summed E-state index contributed by atoms with van der Waals surface area (Å²) in [6.07, 6.45) is 2.15. The highest BCUT2D eigenvalue weighted by Crippen LogP contribution is 2.09. The number of hydrogen-bond donors (Lipinski definition) is 2. The van der Waals surface area contributed by atoms with Crippen molar-refractivity contribution in [2.24, 2.45) is 11.7 Å². The van der Waals surface area contributed by atoms with Gasteiger partial charge in [-0.2, -0.15) is 4.98 Å². The summed E-state index contributed by atoms with van der Waals surface area (Å²) in [5.41, 5.74) is 6.09. The maximum Gasteiger partial charge on any atom is 0.301 e. The molecule has 1 rings (SSSR count). The van der Waals surface area contributed by atoms with Crippen molar-refractivity contribution in [2.45, 2.75) is 20.3 Å². The molecule has 0 radical (unpaired) electrons. The lowest BCUT2D eigenvalue weighted by atomic mass is 10.1. The number of rotatable bonds is 4. The van der Waals surface area contributed by atoms with Gasteiger partial charge in [0.15, 0.2) is 0 Å². The second-order valence-corrected chi connectivity index (χ2v) is 3.26. The van der Waals surface area contributed by atoms with Gasteiger partial charge in [0, 0.05) is 5.92 Å². The fourth-order valence-electron chi connectivity index (χ4n) is 1.02. The van der Waals surface area contributed by atoms with Gasteiger partial charge < -0.3 is 10.2 Å². The predicted octanol–water partition coefficient (Wildman–Crippen LogP) is 0.906. The van der Waals surface area contributed by atoms with Crippen molar-refractivity contribution in [3.63, 3.8) is 0 Å². The largest absolute Gasteiger partial charge is 0.432 e. The summed E-state index contributed by atoms with van der Waals surface area (Å²) in [4.78, 5) is 15.4. The van der Waals surface area contributed by atoms with Gasteiger partial charge in [-0.1, -0.05) is 6.92 Å². The first-order chi connectivity index (χ1) is 6.63. The third kappa shape index (κ3) is 2.85. The van der Waals surface area contributed by atoms with Crippen molar-refractivity contribution in [1.29, 1.82) is 0 Å². The molecule has 5 heteroatoms. The SMILES string of the molecule is Cc1coc(NC(=O)C(C)CCN)n1. The number of oxazole rings is 1. The molecule has 0 bridgehead atoms. The van der Waals surface area contributed by atoms with Crippen molar-refractivity contribution in [3.8, 4) is 0 Å². The number of hydrogen-bond acceptors (Lipinski definition) is 4. The Morgan fingerprint density at radius 3 is 3.00 bits per heavy atom. The first kappa shape index (κ1) is 10.7. The van der Waals surface area contributed by atoms with E-state index in [1.54, 1.807) is 6.92 Å². The highest BCUT2D eigenvalue weighted by Gasteiger charge is 2.13. The molecule has 14 heavy (non-hydrogen) atoms. The first-order valence-corrected chi connectivity index (χ1v) is 4.56. The summed E-state index contributed by atoms with van der Waals surface area (Å²) in [6.45, 7) is 4.11. The number of aromatic nitrogens is 1. The molecule has 0 saturated carbocycles. The van der Waals surface area contributed by atoms with Gasteiger partial charge in [-0.25, -0.2) is 0 Å². The summed E-state index contributed by atoms with van der Waals surface area (Å²) in [6, 6.07) is 0.247. The molecule has 0 saturated heterocycles. The molecule has 5 nitrogen and oxygen atoms in total. The number of amides is 1. The lowest BCUT2D eigenvalue weighted by molar-refractivity contribution is -0.119. The first-order valence-electron chi connectivity index (χ1n) is 4.56. The minimum atomic E-state index is -0.118. The van der Waals surface area contributed by atoms with E-state index in [0.717, 1.165) is 5.69 Å². The lowest BCUT2D eigenvalue weighted by Crippen LogP contribution is -2.22. The normalized spacial score (nSPS) is 12.5. The molecular weight excluding hydrogens is 182 g/mol. The molecule has 78 valence electrons. The third-order valence-corrected chi connectivity index (χ3v) is 1.90. The summed E-state index contributed by atoms with van der Waals surface area (Å²) in [5, 5.41) is 2.58. The van der Waals surface area contributed by atoms with Gasteiger partial charge in [-0.3, -0.25) is 10.1 Å². The van der Waals surface area contributed by atoms with Crippen LogP contribution in [-0.4, -0.2) is 17.4 Å². The van der Waals surface area contributed by atoms with Crippen LogP contribution in [0.3, 0.4) is 0 Å². The number of nitrogens with two attached hydrogens (primary N) is 1. The summed E-state index contributed by atoms with van der Waals surface area (Å²) in [5.74, 6) is -0.232. The Hall–Kier alpha value is -1.36. The third-order valence-electron chi connectivity index (χ3n) is 1.90. The standard InChI is InChI=1S/C9H15N3O2/c1-6(3-4-10)8(13)12-9-11-7(2)5-14-9/h5-6H,3-4,10H2,1-2H3,(H,11,12,13). The number of carbonyl (C=O) groups excluding carboxylic acids is 1. The van der Waals surface area contributed by atoms with E-state index in [1.807, 2.05) is 6.92 Å². The number of anilines is 1. The van der Waals surface area contributed by atoms with Crippen LogP contribution in [0.15, 0.2) is 10.7 Å². The average Bonchev–Trinajstić information content (AvgIpc) is 2.51. The van der Waals surface area contributed by atoms with Gasteiger partial charge in [0.05, 0.1) is 5.69 Å². The fourth-order valence-corrected chi connectivity index (χ4v) is 1.02. The molecule has 1 aromatic rings. The molecule has 0 spiro atoms. The van der Waals surface area contributed by atoms with Crippen molar-refractivity contribution in [1.82, 2.24) is 4.98 Å². The van der Waals surface area contributed by atoms with E-state index < -0.39 is 0 Å². The Balaban J connectivity index is 2.48. The molecular formula is C9H15N3O2. The Bertz CT molecular complexity index is 309. The summed E-state index contributed by atoms with van der Waals surface area (Å²) >= 11 is 0. The molecule has 0 aliphatic carbocycles. The van der Waals surface area contributed by atoms with E-state index >= 15 is 0 Å². The minimum Gasteiger partial charge on any atom is -0.432 e. The van der Waals surface area contributed by atoms with Crippen LogP contribution in [-0.2, 0) is 4.79 Å². The summed E-state index contributed by atoms with van der Waals surface area (Å²) in [7, 11) is 0. The van der Waals surface area contributed by atoms with Gasteiger partial charge in [-0.15, -0.1) is 0 Å². The van der Waals surface area contributed by atoms with Crippen molar-refractivity contribution in [2.75, 3.05) is 11.9 Å². The molecule has 0 aromatic carbocycles. The van der Waals surface area contributed by atoms with Crippen LogP contribution in [0.4, 0.5) is 6.01 Å². The maximum absolute atomic E-state index is 11.4.